The highest BCUT2D eigenvalue weighted by Gasteiger charge is 2.10. The second-order valence-corrected chi connectivity index (χ2v) is 4.92. The second-order valence-electron chi connectivity index (χ2n) is 2.67. The van der Waals surface area contributed by atoms with Crippen molar-refractivity contribution in [2.75, 3.05) is 25.6 Å². The Kier molecular flexibility index (Phi) is 5.31. The van der Waals surface area contributed by atoms with E-state index in [0.29, 0.717) is 13.0 Å². The van der Waals surface area contributed by atoms with E-state index in [1.165, 1.54) is 11.3 Å². The van der Waals surface area contributed by atoms with Crippen molar-refractivity contribution in [2.24, 2.45) is 0 Å². The summed E-state index contributed by atoms with van der Waals surface area (Å²) in [5, 5.41) is 20.4. The lowest BCUT2D eigenvalue weighted by Crippen LogP contribution is -2.26. The largest absolute Gasteiger partial charge is 0.396 e. The molecular weight excluding hydrogens is 270 g/mol. The van der Waals surface area contributed by atoms with Crippen LogP contribution in [0.3, 0.4) is 0 Å². The summed E-state index contributed by atoms with van der Waals surface area (Å²) >= 11 is 4.64. The molecule has 2 N–H and O–H groups in total. The Hall–Kier alpha value is -0.240. The zero-order chi connectivity index (χ0) is 10.4. The van der Waals surface area contributed by atoms with Gasteiger partial charge in [-0.05, 0) is 22.4 Å². The monoisotopic (exact) mass is 281 g/mol. The first-order valence-corrected chi connectivity index (χ1v) is 5.72. The van der Waals surface area contributed by atoms with Crippen LogP contribution in [0.5, 0.6) is 0 Å². The van der Waals surface area contributed by atoms with Gasteiger partial charge in [-0.25, -0.2) is 0 Å². The van der Waals surface area contributed by atoms with E-state index in [2.05, 4.69) is 31.4 Å². The molecule has 0 aliphatic rings. The molecule has 0 aromatic carbocycles. The number of methoxy groups -OCH3 is 1. The van der Waals surface area contributed by atoms with Crippen molar-refractivity contribution >= 4 is 32.4 Å². The third kappa shape index (κ3) is 3.87. The summed E-state index contributed by atoms with van der Waals surface area (Å²) in [6, 6.07) is 0.0739. The molecule has 80 valence electrons. The number of aliphatic hydroxyl groups is 1. The maximum absolute atomic E-state index is 8.81. The van der Waals surface area contributed by atoms with E-state index in [1.54, 1.807) is 7.11 Å². The number of rotatable bonds is 6. The van der Waals surface area contributed by atoms with Crippen LogP contribution in [-0.2, 0) is 4.74 Å². The van der Waals surface area contributed by atoms with Crippen molar-refractivity contribution < 1.29 is 9.84 Å². The van der Waals surface area contributed by atoms with Gasteiger partial charge in [0, 0.05) is 13.7 Å². The highest BCUT2D eigenvalue weighted by Crippen LogP contribution is 2.21. The lowest BCUT2D eigenvalue weighted by molar-refractivity contribution is 0.170. The maximum Gasteiger partial charge on any atom is 0.206 e. The average molecular weight is 282 g/mol. The predicted molar refractivity (Wildman–Crippen MR) is 58.6 cm³/mol. The topological polar surface area (TPSA) is 67.3 Å². The molecule has 1 atom stereocenters. The van der Waals surface area contributed by atoms with Gasteiger partial charge in [0.1, 0.15) is 0 Å². The molecule has 0 saturated heterocycles. The van der Waals surface area contributed by atoms with E-state index >= 15 is 0 Å². The van der Waals surface area contributed by atoms with Crippen molar-refractivity contribution in [3.63, 3.8) is 0 Å². The van der Waals surface area contributed by atoms with E-state index in [-0.39, 0.29) is 12.6 Å². The summed E-state index contributed by atoms with van der Waals surface area (Å²) in [5.41, 5.74) is 0. The molecule has 1 aromatic rings. The number of aliphatic hydroxyl groups excluding tert-OH is 1. The summed E-state index contributed by atoms with van der Waals surface area (Å²) in [4.78, 5) is 0. The minimum atomic E-state index is 0.0739. The first-order chi connectivity index (χ1) is 6.76. The van der Waals surface area contributed by atoms with Gasteiger partial charge < -0.3 is 15.2 Å². The molecule has 0 spiro atoms. The number of anilines is 1. The fraction of sp³-hybridized carbons (Fsp3) is 0.714. The van der Waals surface area contributed by atoms with Gasteiger partial charge in [0.25, 0.3) is 0 Å². The fourth-order valence-corrected chi connectivity index (χ4v) is 2.08. The third-order valence-corrected chi connectivity index (χ3v) is 2.86. The molecule has 0 radical (unpaired) electrons. The molecule has 1 heterocycles. The van der Waals surface area contributed by atoms with Gasteiger partial charge in [0.15, 0.2) is 3.92 Å². The lowest BCUT2D eigenvalue weighted by Gasteiger charge is -2.15. The highest BCUT2D eigenvalue weighted by molar-refractivity contribution is 9.11. The normalized spacial score (nSPS) is 12.8. The van der Waals surface area contributed by atoms with Crippen LogP contribution in [0, 0.1) is 0 Å². The highest BCUT2D eigenvalue weighted by atomic mass is 79.9. The zero-order valence-corrected chi connectivity index (χ0v) is 10.1. The number of nitrogens with zero attached hydrogens (tertiary/aromatic N) is 2. The number of ether oxygens (including phenoxy) is 1. The van der Waals surface area contributed by atoms with Crippen LogP contribution in [0.15, 0.2) is 3.92 Å². The Balaban J connectivity index is 2.46. The molecule has 1 unspecified atom stereocenters. The molecule has 7 heteroatoms. The molecule has 1 aromatic heterocycles. The lowest BCUT2D eigenvalue weighted by atomic mass is 10.2. The summed E-state index contributed by atoms with van der Waals surface area (Å²) in [7, 11) is 1.63. The van der Waals surface area contributed by atoms with Crippen molar-refractivity contribution in [2.45, 2.75) is 12.5 Å². The van der Waals surface area contributed by atoms with Crippen molar-refractivity contribution in [1.29, 1.82) is 0 Å². The summed E-state index contributed by atoms with van der Waals surface area (Å²) in [6.45, 7) is 0.665. The van der Waals surface area contributed by atoms with Crippen LogP contribution < -0.4 is 5.32 Å². The Morgan fingerprint density at radius 2 is 2.43 bits per heavy atom. The van der Waals surface area contributed by atoms with Gasteiger partial charge in [-0.15, -0.1) is 10.2 Å². The van der Waals surface area contributed by atoms with E-state index in [9.17, 15) is 0 Å². The molecule has 0 aliphatic heterocycles. The second kappa shape index (κ2) is 6.28. The zero-order valence-electron chi connectivity index (χ0n) is 7.73. The summed E-state index contributed by atoms with van der Waals surface area (Å²) in [5.74, 6) is 0. The van der Waals surface area contributed by atoms with Crippen LogP contribution in [0.1, 0.15) is 6.42 Å². The molecule has 0 bridgehead atoms. The van der Waals surface area contributed by atoms with Crippen LogP contribution >= 0.6 is 27.3 Å². The predicted octanol–water partition coefficient (Wildman–Crippen LogP) is 1.11. The smallest absolute Gasteiger partial charge is 0.206 e. The van der Waals surface area contributed by atoms with E-state index in [0.717, 1.165) is 9.05 Å². The molecule has 0 amide bonds. The van der Waals surface area contributed by atoms with Gasteiger partial charge in [0.05, 0.1) is 12.6 Å². The first kappa shape index (κ1) is 11.8. The van der Waals surface area contributed by atoms with Crippen molar-refractivity contribution in [3.8, 4) is 0 Å². The summed E-state index contributed by atoms with van der Waals surface area (Å²) < 4.78 is 5.74. The Labute approximate surface area is 94.6 Å². The van der Waals surface area contributed by atoms with Gasteiger partial charge in [-0.2, -0.15) is 0 Å². The molecule has 1 rings (SSSR count). The number of hydrogen-bond donors (Lipinski definition) is 2. The van der Waals surface area contributed by atoms with E-state index < -0.39 is 0 Å². The average Bonchev–Trinajstić information content (AvgIpc) is 2.52. The SMILES string of the molecule is COCC(CCO)Nc1nnc(Br)s1. The van der Waals surface area contributed by atoms with Crippen LogP contribution in [0.4, 0.5) is 5.13 Å². The molecular formula is C7H12BrN3O2S. The van der Waals surface area contributed by atoms with Crippen LogP contribution in [0.25, 0.3) is 0 Å². The minimum Gasteiger partial charge on any atom is -0.396 e. The van der Waals surface area contributed by atoms with Crippen molar-refractivity contribution in [1.82, 2.24) is 10.2 Å². The van der Waals surface area contributed by atoms with Crippen molar-refractivity contribution in [3.05, 3.63) is 3.92 Å². The van der Waals surface area contributed by atoms with E-state index in [4.69, 9.17) is 9.84 Å². The Morgan fingerprint density at radius 3 is 2.93 bits per heavy atom. The van der Waals surface area contributed by atoms with Gasteiger partial charge in [-0.3, -0.25) is 0 Å². The Morgan fingerprint density at radius 1 is 1.64 bits per heavy atom. The number of aromatic nitrogens is 2. The molecule has 5 nitrogen and oxygen atoms in total. The van der Waals surface area contributed by atoms with Gasteiger partial charge in [0.2, 0.25) is 5.13 Å². The minimum absolute atomic E-state index is 0.0739. The van der Waals surface area contributed by atoms with Crippen LogP contribution in [-0.4, -0.2) is 41.7 Å². The number of nitrogens with one attached hydrogen (secondary N) is 1. The maximum atomic E-state index is 8.81. The number of halogens is 1. The molecule has 0 aliphatic carbocycles. The molecule has 0 fully saturated rings. The first-order valence-electron chi connectivity index (χ1n) is 4.11. The summed E-state index contributed by atoms with van der Waals surface area (Å²) in [6.07, 6.45) is 0.630. The standard InChI is InChI=1S/C7H12BrN3O2S/c1-13-4-5(2-3-12)9-7-11-10-6(8)14-7/h5,12H,2-4H2,1H3,(H,9,11). The van der Waals surface area contributed by atoms with Gasteiger partial charge in [-0.1, -0.05) is 11.3 Å². The van der Waals surface area contributed by atoms with Crippen LogP contribution in [0.2, 0.25) is 0 Å². The van der Waals surface area contributed by atoms with E-state index in [1.807, 2.05) is 0 Å². The number of hydrogen-bond acceptors (Lipinski definition) is 6. The Bertz CT molecular complexity index is 265. The fourth-order valence-electron chi connectivity index (χ4n) is 0.992. The molecule has 0 saturated carbocycles. The molecule has 14 heavy (non-hydrogen) atoms. The quantitative estimate of drug-likeness (QED) is 0.818. The van der Waals surface area contributed by atoms with Gasteiger partial charge >= 0.3 is 0 Å². The third-order valence-electron chi connectivity index (χ3n) is 1.57.